The van der Waals surface area contributed by atoms with Gasteiger partial charge in [0.2, 0.25) is 0 Å². The molecule has 0 heterocycles. The van der Waals surface area contributed by atoms with E-state index in [9.17, 15) is 14.4 Å². The summed E-state index contributed by atoms with van der Waals surface area (Å²) in [5, 5.41) is 0. The molecule has 0 aliphatic carbocycles. The number of hydrogen-bond donors (Lipinski definition) is 0. The van der Waals surface area contributed by atoms with E-state index >= 15 is 0 Å². The van der Waals surface area contributed by atoms with Crippen molar-refractivity contribution >= 4 is 17.9 Å². The summed E-state index contributed by atoms with van der Waals surface area (Å²) in [6, 6.07) is 0. The lowest BCUT2D eigenvalue weighted by Crippen LogP contribution is -2.30. The van der Waals surface area contributed by atoms with E-state index in [0.717, 1.165) is 64.2 Å². The molecule has 0 aromatic heterocycles. The van der Waals surface area contributed by atoms with Crippen molar-refractivity contribution in [2.24, 2.45) is 0 Å². The van der Waals surface area contributed by atoms with Crippen molar-refractivity contribution in [2.45, 2.75) is 354 Å². The molecule has 0 rings (SSSR count). The average molecular weight is 986 g/mol. The van der Waals surface area contributed by atoms with Crippen molar-refractivity contribution in [2.75, 3.05) is 13.2 Å². The molecule has 0 amide bonds. The number of rotatable bonds is 58. The first-order chi connectivity index (χ1) is 34.5. The zero-order chi connectivity index (χ0) is 50.7. The average Bonchev–Trinajstić information content (AvgIpc) is 3.36. The van der Waals surface area contributed by atoms with Crippen LogP contribution in [0.2, 0.25) is 0 Å². The lowest BCUT2D eigenvalue weighted by Gasteiger charge is -2.18. The molecule has 0 N–H and O–H groups in total. The minimum atomic E-state index is -0.769. The molecule has 0 aromatic rings. The molecule has 0 aromatic carbocycles. The van der Waals surface area contributed by atoms with Crippen LogP contribution in [0.25, 0.3) is 0 Å². The van der Waals surface area contributed by atoms with Crippen LogP contribution >= 0.6 is 0 Å². The van der Waals surface area contributed by atoms with Crippen LogP contribution in [-0.4, -0.2) is 37.2 Å². The van der Waals surface area contributed by atoms with Gasteiger partial charge in [0.1, 0.15) is 13.2 Å². The van der Waals surface area contributed by atoms with Crippen molar-refractivity contribution in [1.82, 2.24) is 0 Å². The predicted molar refractivity (Wildman–Crippen MR) is 303 cm³/mol. The fourth-order valence-corrected chi connectivity index (χ4v) is 9.42. The van der Waals surface area contributed by atoms with Gasteiger partial charge in [-0.15, -0.1) is 0 Å². The molecule has 0 saturated carbocycles. The monoisotopic (exact) mass is 985 g/mol. The molecule has 412 valence electrons. The van der Waals surface area contributed by atoms with E-state index < -0.39 is 6.10 Å². The standard InChI is InChI=1S/C64H120O6/c1-4-7-10-13-16-19-22-24-26-27-28-29-30-31-32-33-34-35-36-37-38-40-42-45-48-51-54-57-63(66)69-60-61(59-68-62(65)56-53-50-47-44-41-21-18-15-12-9-6-3)70-64(67)58-55-52-49-46-43-39-25-23-20-17-14-11-8-5-2/h15,18,27-28,61H,4-14,16-17,19-26,29-60H2,1-3H3/b18-15-,28-27-. The van der Waals surface area contributed by atoms with E-state index in [4.69, 9.17) is 14.2 Å². The zero-order valence-electron chi connectivity index (χ0n) is 47.3. The molecule has 1 unspecified atom stereocenters. The van der Waals surface area contributed by atoms with Crippen LogP contribution < -0.4 is 0 Å². The van der Waals surface area contributed by atoms with Crippen LogP contribution in [0.1, 0.15) is 348 Å². The molecule has 1 atom stereocenters. The minimum Gasteiger partial charge on any atom is -0.462 e. The van der Waals surface area contributed by atoms with E-state index in [1.54, 1.807) is 0 Å². The number of carbonyl (C=O) groups is 3. The van der Waals surface area contributed by atoms with E-state index in [1.807, 2.05) is 0 Å². The highest BCUT2D eigenvalue weighted by molar-refractivity contribution is 5.71. The topological polar surface area (TPSA) is 78.9 Å². The van der Waals surface area contributed by atoms with Crippen molar-refractivity contribution in [3.8, 4) is 0 Å². The third-order valence-electron chi connectivity index (χ3n) is 14.2. The van der Waals surface area contributed by atoms with Gasteiger partial charge >= 0.3 is 17.9 Å². The van der Waals surface area contributed by atoms with Crippen LogP contribution in [0, 0.1) is 0 Å². The summed E-state index contributed by atoms with van der Waals surface area (Å²) in [4.78, 5) is 38.1. The summed E-state index contributed by atoms with van der Waals surface area (Å²) >= 11 is 0. The second-order valence-corrected chi connectivity index (χ2v) is 21.3. The van der Waals surface area contributed by atoms with Gasteiger partial charge in [0.15, 0.2) is 6.10 Å². The number of ether oxygens (including phenoxy) is 3. The number of unbranched alkanes of at least 4 members (excludes halogenated alkanes) is 43. The Labute approximate surface area is 436 Å². The first-order valence-corrected chi connectivity index (χ1v) is 31.3. The summed E-state index contributed by atoms with van der Waals surface area (Å²) in [5.41, 5.74) is 0. The van der Waals surface area contributed by atoms with E-state index in [0.29, 0.717) is 19.3 Å². The molecule has 0 saturated heterocycles. The van der Waals surface area contributed by atoms with Gasteiger partial charge in [0.25, 0.3) is 0 Å². The molecule has 0 aliphatic rings. The highest BCUT2D eigenvalue weighted by atomic mass is 16.6. The molecule has 0 fully saturated rings. The number of esters is 3. The summed E-state index contributed by atoms with van der Waals surface area (Å²) in [6.07, 6.45) is 70.5. The predicted octanol–water partition coefficient (Wildman–Crippen LogP) is 21.1. The molecular weight excluding hydrogens is 865 g/mol. The Morgan fingerprint density at radius 2 is 0.486 bits per heavy atom. The molecule has 6 nitrogen and oxygen atoms in total. The van der Waals surface area contributed by atoms with Crippen LogP contribution in [0.15, 0.2) is 24.3 Å². The largest absolute Gasteiger partial charge is 0.462 e. The molecule has 0 aliphatic heterocycles. The number of allylic oxidation sites excluding steroid dienone is 4. The van der Waals surface area contributed by atoms with Crippen molar-refractivity contribution < 1.29 is 28.6 Å². The van der Waals surface area contributed by atoms with Gasteiger partial charge in [-0.05, 0) is 64.2 Å². The third kappa shape index (κ3) is 56.8. The molecule has 6 heteroatoms. The van der Waals surface area contributed by atoms with Gasteiger partial charge in [-0.3, -0.25) is 14.4 Å². The highest BCUT2D eigenvalue weighted by Gasteiger charge is 2.19. The van der Waals surface area contributed by atoms with Gasteiger partial charge < -0.3 is 14.2 Å². The van der Waals surface area contributed by atoms with Crippen molar-refractivity contribution in [3.63, 3.8) is 0 Å². The van der Waals surface area contributed by atoms with Crippen LogP contribution in [0.3, 0.4) is 0 Å². The van der Waals surface area contributed by atoms with Crippen LogP contribution in [-0.2, 0) is 28.6 Å². The van der Waals surface area contributed by atoms with Gasteiger partial charge in [0.05, 0.1) is 0 Å². The zero-order valence-corrected chi connectivity index (χ0v) is 47.3. The van der Waals surface area contributed by atoms with Gasteiger partial charge in [-0.1, -0.05) is 289 Å². The summed E-state index contributed by atoms with van der Waals surface area (Å²) in [6.45, 7) is 6.65. The molecule has 0 radical (unpaired) electrons. The van der Waals surface area contributed by atoms with Gasteiger partial charge in [0, 0.05) is 19.3 Å². The lowest BCUT2D eigenvalue weighted by molar-refractivity contribution is -0.167. The Morgan fingerprint density at radius 1 is 0.271 bits per heavy atom. The minimum absolute atomic E-state index is 0.0686. The lowest BCUT2D eigenvalue weighted by atomic mass is 10.0. The fraction of sp³-hybridized carbons (Fsp3) is 0.891. The molecule has 0 bridgehead atoms. The SMILES string of the molecule is CCCC/C=C\CCCCCCCC(=O)OCC(COC(=O)CCCCCCCCCCCCCCCCC/C=C\CCCCCCCCCC)OC(=O)CCCCCCCCCCCCCCCC. The highest BCUT2D eigenvalue weighted by Crippen LogP contribution is 2.17. The van der Waals surface area contributed by atoms with Crippen LogP contribution in [0.4, 0.5) is 0 Å². The maximum atomic E-state index is 12.8. The first kappa shape index (κ1) is 67.9. The normalized spacial score (nSPS) is 12.1. The maximum Gasteiger partial charge on any atom is 0.306 e. The van der Waals surface area contributed by atoms with Gasteiger partial charge in [-0.2, -0.15) is 0 Å². The Hall–Kier alpha value is -2.11. The molecule has 70 heavy (non-hydrogen) atoms. The fourth-order valence-electron chi connectivity index (χ4n) is 9.42. The second kappa shape index (κ2) is 59.5. The molecule has 0 spiro atoms. The quantitative estimate of drug-likeness (QED) is 0.0261. The first-order valence-electron chi connectivity index (χ1n) is 31.3. The van der Waals surface area contributed by atoms with E-state index in [-0.39, 0.29) is 31.1 Å². The Balaban J connectivity index is 4.13. The van der Waals surface area contributed by atoms with Crippen molar-refractivity contribution in [3.05, 3.63) is 24.3 Å². The maximum absolute atomic E-state index is 12.8. The Kier molecular flexibility index (Phi) is 57.7. The third-order valence-corrected chi connectivity index (χ3v) is 14.2. The Bertz CT molecular complexity index is 1130. The van der Waals surface area contributed by atoms with Crippen molar-refractivity contribution in [1.29, 1.82) is 0 Å². The second-order valence-electron chi connectivity index (χ2n) is 21.3. The van der Waals surface area contributed by atoms with Crippen LogP contribution in [0.5, 0.6) is 0 Å². The van der Waals surface area contributed by atoms with Gasteiger partial charge in [-0.25, -0.2) is 0 Å². The van der Waals surface area contributed by atoms with E-state index in [2.05, 4.69) is 45.1 Å². The smallest absolute Gasteiger partial charge is 0.306 e. The summed E-state index contributed by atoms with van der Waals surface area (Å²) in [5.74, 6) is -0.857. The summed E-state index contributed by atoms with van der Waals surface area (Å²) in [7, 11) is 0. The number of carbonyl (C=O) groups excluding carboxylic acids is 3. The molecular formula is C64H120O6. The Morgan fingerprint density at radius 3 is 0.757 bits per heavy atom. The summed E-state index contributed by atoms with van der Waals surface area (Å²) < 4.78 is 16.9. The number of hydrogen-bond acceptors (Lipinski definition) is 6. The van der Waals surface area contributed by atoms with E-state index in [1.165, 1.54) is 244 Å².